The number of aromatic nitrogens is 2. The molecule has 26 heavy (non-hydrogen) atoms. The number of hydrogen-bond donors (Lipinski definition) is 2. The Morgan fingerprint density at radius 3 is 2.92 bits per heavy atom. The van der Waals surface area contributed by atoms with Crippen LogP contribution in [-0.4, -0.2) is 45.6 Å². The normalized spacial score (nSPS) is 16.8. The molecular formula is C19H25N3O3S. The fourth-order valence-electron chi connectivity index (χ4n) is 2.86. The first-order chi connectivity index (χ1) is 12.6. The van der Waals surface area contributed by atoms with E-state index in [0.717, 1.165) is 30.2 Å². The van der Waals surface area contributed by atoms with Gasteiger partial charge < -0.3 is 19.7 Å². The van der Waals surface area contributed by atoms with Crippen molar-refractivity contribution in [3.05, 3.63) is 47.3 Å². The Balaban J connectivity index is 1.56. The molecule has 1 amide bonds. The highest BCUT2D eigenvalue weighted by molar-refractivity contribution is 7.99. The zero-order valence-electron chi connectivity index (χ0n) is 15.0. The van der Waals surface area contributed by atoms with Crippen LogP contribution in [0.5, 0.6) is 0 Å². The molecule has 1 atom stereocenters. The van der Waals surface area contributed by atoms with E-state index in [4.69, 9.17) is 4.74 Å². The molecule has 0 saturated carbocycles. The molecule has 1 aliphatic rings. The van der Waals surface area contributed by atoms with Gasteiger partial charge in [0.2, 0.25) is 5.91 Å². The maximum absolute atomic E-state index is 12.1. The molecule has 1 aliphatic heterocycles. The SMILES string of the molecule is Cc1ccc(Cn2cc(CO)nc2SCC(=O)NCC2CCCO2)cc1. The Kier molecular flexibility index (Phi) is 6.71. The number of imidazole rings is 1. The molecule has 6 nitrogen and oxygen atoms in total. The van der Waals surface area contributed by atoms with Gasteiger partial charge in [0.05, 0.1) is 24.2 Å². The van der Waals surface area contributed by atoms with Gasteiger partial charge in [-0.2, -0.15) is 0 Å². The predicted molar refractivity (Wildman–Crippen MR) is 101 cm³/mol. The summed E-state index contributed by atoms with van der Waals surface area (Å²) in [4.78, 5) is 16.5. The Hall–Kier alpha value is -1.83. The molecule has 0 radical (unpaired) electrons. The van der Waals surface area contributed by atoms with E-state index in [9.17, 15) is 9.90 Å². The lowest BCUT2D eigenvalue weighted by Crippen LogP contribution is -2.32. The Bertz CT molecular complexity index is 724. The van der Waals surface area contributed by atoms with Gasteiger partial charge in [0.1, 0.15) is 0 Å². The van der Waals surface area contributed by atoms with Crippen LogP contribution >= 0.6 is 11.8 Å². The second kappa shape index (κ2) is 9.21. The van der Waals surface area contributed by atoms with Gasteiger partial charge in [0.15, 0.2) is 5.16 Å². The van der Waals surface area contributed by atoms with Gasteiger partial charge in [-0.3, -0.25) is 4.79 Å². The largest absolute Gasteiger partial charge is 0.390 e. The van der Waals surface area contributed by atoms with E-state index < -0.39 is 0 Å². The number of amides is 1. The van der Waals surface area contributed by atoms with E-state index in [2.05, 4.69) is 41.5 Å². The van der Waals surface area contributed by atoms with E-state index >= 15 is 0 Å². The number of rotatable bonds is 8. The van der Waals surface area contributed by atoms with Gasteiger partial charge >= 0.3 is 0 Å². The molecule has 0 aliphatic carbocycles. The smallest absolute Gasteiger partial charge is 0.230 e. The average molecular weight is 375 g/mol. The first-order valence-electron chi connectivity index (χ1n) is 8.87. The van der Waals surface area contributed by atoms with Crippen LogP contribution in [0.2, 0.25) is 0 Å². The molecule has 3 rings (SSSR count). The second-order valence-electron chi connectivity index (χ2n) is 6.51. The number of aryl methyl sites for hydroxylation is 1. The highest BCUT2D eigenvalue weighted by Crippen LogP contribution is 2.20. The molecule has 1 aromatic carbocycles. The summed E-state index contributed by atoms with van der Waals surface area (Å²) < 4.78 is 7.49. The molecule has 0 bridgehead atoms. The number of nitrogens with zero attached hydrogens (tertiary/aromatic N) is 2. The number of aliphatic hydroxyl groups excluding tert-OH is 1. The molecule has 7 heteroatoms. The number of carbonyl (C=O) groups is 1. The molecular weight excluding hydrogens is 350 g/mol. The summed E-state index contributed by atoms with van der Waals surface area (Å²) in [6.07, 6.45) is 4.06. The summed E-state index contributed by atoms with van der Waals surface area (Å²) in [6, 6.07) is 8.31. The maximum Gasteiger partial charge on any atom is 0.230 e. The van der Waals surface area contributed by atoms with Crippen LogP contribution < -0.4 is 5.32 Å². The van der Waals surface area contributed by atoms with Crippen LogP contribution in [0.15, 0.2) is 35.6 Å². The first-order valence-corrected chi connectivity index (χ1v) is 9.86. The number of aliphatic hydroxyl groups is 1. The third-order valence-electron chi connectivity index (χ3n) is 4.31. The van der Waals surface area contributed by atoms with Crippen molar-refractivity contribution in [3.63, 3.8) is 0 Å². The minimum absolute atomic E-state index is 0.0269. The molecule has 1 unspecified atom stereocenters. The van der Waals surface area contributed by atoms with Crippen molar-refractivity contribution >= 4 is 17.7 Å². The van der Waals surface area contributed by atoms with Crippen molar-refractivity contribution < 1.29 is 14.6 Å². The molecule has 1 fully saturated rings. The minimum atomic E-state index is -0.111. The van der Waals surface area contributed by atoms with Crippen LogP contribution in [0.1, 0.15) is 29.7 Å². The molecule has 2 aromatic rings. The van der Waals surface area contributed by atoms with Crippen LogP contribution in [0, 0.1) is 6.92 Å². The molecule has 2 heterocycles. The van der Waals surface area contributed by atoms with Crippen molar-refractivity contribution in [2.24, 2.45) is 0 Å². The van der Waals surface area contributed by atoms with Crippen molar-refractivity contribution in [1.82, 2.24) is 14.9 Å². The second-order valence-corrected chi connectivity index (χ2v) is 7.46. The van der Waals surface area contributed by atoms with Crippen molar-refractivity contribution in [1.29, 1.82) is 0 Å². The van der Waals surface area contributed by atoms with E-state index in [0.29, 0.717) is 24.5 Å². The van der Waals surface area contributed by atoms with Crippen LogP contribution in [-0.2, 0) is 22.7 Å². The summed E-state index contributed by atoms with van der Waals surface area (Å²) in [5.41, 5.74) is 2.98. The minimum Gasteiger partial charge on any atom is -0.390 e. The average Bonchev–Trinajstić information content (AvgIpc) is 3.30. The third-order valence-corrected chi connectivity index (χ3v) is 5.30. The van der Waals surface area contributed by atoms with Crippen LogP contribution in [0.3, 0.4) is 0 Å². The summed E-state index contributed by atoms with van der Waals surface area (Å²) in [5.74, 6) is 0.267. The Morgan fingerprint density at radius 1 is 1.42 bits per heavy atom. The topological polar surface area (TPSA) is 76.4 Å². The zero-order chi connectivity index (χ0) is 18.4. The van der Waals surface area contributed by atoms with Gasteiger partial charge in [0.25, 0.3) is 0 Å². The third kappa shape index (κ3) is 5.33. The lowest BCUT2D eigenvalue weighted by atomic mass is 10.1. The van der Waals surface area contributed by atoms with Gasteiger partial charge in [0, 0.05) is 25.9 Å². The van der Waals surface area contributed by atoms with Gasteiger partial charge in [-0.25, -0.2) is 4.98 Å². The molecule has 1 aromatic heterocycles. The summed E-state index contributed by atoms with van der Waals surface area (Å²) in [6.45, 7) is 3.96. The predicted octanol–water partition coefficient (Wildman–Crippen LogP) is 2.12. The number of nitrogens with one attached hydrogen (secondary N) is 1. The Morgan fingerprint density at radius 2 is 2.23 bits per heavy atom. The van der Waals surface area contributed by atoms with E-state index in [1.807, 2.05) is 10.8 Å². The zero-order valence-corrected chi connectivity index (χ0v) is 15.8. The van der Waals surface area contributed by atoms with Gasteiger partial charge in [-0.15, -0.1) is 0 Å². The lowest BCUT2D eigenvalue weighted by molar-refractivity contribution is -0.119. The van der Waals surface area contributed by atoms with Gasteiger partial charge in [-0.05, 0) is 25.3 Å². The fourth-order valence-corrected chi connectivity index (χ4v) is 3.69. The van der Waals surface area contributed by atoms with E-state index in [-0.39, 0.29) is 18.6 Å². The Labute approximate surface area is 158 Å². The number of benzene rings is 1. The highest BCUT2D eigenvalue weighted by atomic mass is 32.2. The summed E-state index contributed by atoms with van der Waals surface area (Å²) in [7, 11) is 0. The quantitative estimate of drug-likeness (QED) is 0.691. The summed E-state index contributed by atoms with van der Waals surface area (Å²) in [5, 5.41) is 13.0. The molecule has 2 N–H and O–H groups in total. The fraction of sp³-hybridized carbons (Fsp3) is 0.474. The molecule has 140 valence electrons. The molecule has 1 saturated heterocycles. The van der Waals surface area contributed by atoms with E-state index in [1.54, 1.807) is 0 Å². The number of ether oxygens (including phenoxy) is 1. The molecule has 0 spiro atoms. The van der Waals surface area contributed by atoms with Crippen molar-refractivity contribution in [2.75, 3.05) is 18.9 Å². The lowest BCUT2D eigenvalue weighted by Gasteiger charge is -2.11. The standard InChI is InChI=1S/C19H25N3O3S/c1-14-4-6-15(7-5-14)10-22-11-16(12-23)21-19(22)26-13-18(24)20-9-17-3-2-8-25-17/h4-7,11,17,23H,2-3,8-10,12-13H2,1H3,(H,20,24). The number of thioether (sulfide) groups is 1. The van der Waals surface area contributed by atoms with Crippen LogP contribution in [0.4, 0.5) is 0 Å². The summed E-state index contributed by atoms with van der Waals surface area (Å²) >= 11 is 1.38. The number of carbonyl (C=O) groups excluding carboxylic acids is 1. The van der Waals surface area contributed by atoms with Crippen LogP contribution in [0.25, 0.3) is 0 Å². The van der Waals surface area contributed by atoms with Crippen molar-refractivity contribution in [3.8, 4) is 0 Å². The number of hydrogen-bond acceptors (Lipinski definition) is 5. The van der Waals surface area contributed by atoms with E-state index in [1.165, 1.54) is 17.3 Å². The van der Waals surface area contributed by atoms with Crippen molar-refractivity contribution in [2.45, 2.75) is 44.2 Å². The first kappa shape index (κ1) is 18.9. The van der Waals surface area contributed by atoms with Gasteiger partial charge in [-0.1, -0.05) is 41.6 Å². The maximum atomic E-state index is 12.1. The highest BCUT2D eigenvalue weighted by Gasteiger charge is 2.17. The monoisotopic (exact) mass is 375 g/mol.